The highest BCUT2D eigenvalue weighted by atomic mass is 35.5. The van der Waals surface area contributed by atoms with Gasteiger partial charge in [0.15, 0.2) is 0 Å². The van der Waals surface area contributed by atoms with Crippen molar-refractivity contribution in [1.29, 1.82) is 0 Å². The van der Waals surface area contributed by atoms with E-state index >= 15 is 0 Å². The summed E-state index contributed by atoms with van der Waals surface area (Å²) in [5, 5.41) is 13.0. The van der Waals surface area contributed by atoms with Crippen LogP contribution in [-0.4, -0.2) is 29.6 Å². The summed E-state index contributed by atoms with van der Waals surface area (Å²) in [5.41, 5.74) is 6.87. The van der Waals surface area contributed by atoms with Crippen molar-refractivity contribution in [2.24, 2.45) is 14.1 Å². The number of benzene rings is 2. The summed E-state index contributed by atoms with van der Waals surface area (Å²) < 4.78 is 10.5. The Hall–Kier alpha value is -3.39. The standard InChI is InChI=1S/C23H25ClN6O2/c1-13-8-7-9-19(30-23(31)29(6)26-27-30)18(13)12-32-20-11-14(2)17(10-15(20)3)22-21(24)16(4)28(5)25-22/h7-11H,12H2,1-6H3. The molecule has 0 atom stereocenters. The Morgan fingerprint density at radius 3 is 2.34 bits per heavy atom. The van der Waals surface area contributed by atoms with Crippen LogP contribution in [0.4, 0.5) is 0 Å². The van der Waals surface area contributed by atoms with Crippen LogP contribution in [0.5, 0.6) is 5.75 Å². The second-order valence-corrected chi connectivity index (χ2v) is 8.34. The van der Waals surface area contributed by atoms with Gasteiger partial charge in [0.25, 0.3) is 0 Å². The molecule has 0 saturated heterocycles. The molecular weight excluding hydrogens is 428 g/mol. The van der Waals surface area contributed by atoms with Crippen molar-refractivity contribution in [1.82, 2.24) is 29.6 Å². The van der Waals surface area contributed by atoms with E-state index in [0.717, 1.165) is 45.0 Å². The summed E-state index contributed by atoms with van der Waals surface area (Å²) in [7, 11) is 3.45. The average molecular weight is 453 g/mol. The predicted octanol–water partition coefficient (Wildman–Crippen LogP) is 3.83. The van der Waals surface area contributed by atoms with Crippen molar-refractivity contribution >= 4 is 11.6 Å². The molecule has 0 aliphatic heterocycles. The molecule has 9 heteroatoms. The zero-order chi connectivity index (χ0) is 23.2. The zero-order valence-corrected chi connectivity index (χ0v) is 19.7. The minimum Gasteiger partial charge on any atom is -0.489 e. The lowest BCUT2D eigenvalue weighted by Crippen LogP contribution is -2.23. The number of ether oxygens (including phenoxy) is 1. The van der Waals surface area contributed by atoms with E-state index in [4.69, 9.17) is 16.3 Å². The largest absolute Gasteiger partial charge is 0.489 e. The van der Waals surface area contributed by atoms with Crippen LogP contribution in [0.25, 0.3) is 16.9 Å². The Kier molecular flexibility index (Phi) is 5.64. The van der Waals surface area contributed by atoms with Gasteiger partial charge in [-0.3, -0.25) is 4.68 Å². The molecule has 0 unspecified atom stereocenters. The molecule has 0 fully saturated rings. The number of hydrogen-bond donors (Lipinski definition) is 0. The number of aryl methyl sites for hydroxylation is 5. The van der Waals surface area contributed by atoms with Gasteiger partial charge >= 0.3 is 5.69 Å². The minimum absolute atomic E-state index is 0.286. The van der Waals surface area contributed by atoms with Crippen LogP contribution < -0.4 is 10.4 Å². The quantitative estimate of drug-likeness (QED) is 0.459. The first-order chi connectivity index (χ1) is 15.2. The van der Waals surface area contributed by atoms with Crippen LogP contribution in [0, 0.1) is 27.7 Å². The maximum absolute atomic E-state index is 12.4. The molecule has 4 aromatic rings. The summed E-state index contributed by atoms with van der Waals surface area (Å²) in [6.07, 6.45) is 0. The molecule has 8 nitrogen and oxygen atoms in total. The third-order valence-corrected chi connectivity index (χ3v) is 6.20. The Morgan fingerprint density at radius 2 is 1.72 bits per heavy atom. The maximum atomic E-state index is 12.4. The molecular formula is C23H25ClN6O2. The van der Waals surface area contributed by atoms with E-state index in [1.165, 1.54) is 9.36 Å². The van der Waals surface area contributed by atoms with Gasteiger partial charge in [0, 0.05) is 25.2 Å². The fourth-order valence-corrected chi connectivity index (χ4v) is 3.90. The van der Waals surface area contributed by atoms with Crippen molar-refractivity contribution in [3.63, 3.8) is 0 Å². The van der Waals surface area contributed by atoms with Gasteiger partial charge < -0.3 is 4.74 Å². The first-order valence-corrected chi connectivity index (χ1v) is 10.6. The lowest BCUT2D eigenvalue weighted by atomic mass is 10.0. The zero-order valence-electron chi connectivity index (χ0n) is 19.0. The Labute approximate surface area is 191 Å². The van der Waals surface area contributed by atoms with Crippen molar-refractivity contribution < 1.29 is 4.74 Å². The van der Waals surface area contributed by atoms with Gasteiger partial charge in [-0.05, 0) is 73.0 Å². The number of rotatable bonds is 5. The van der Waals surface area contributed by atoms with E-state index in [9.17, 15) is 4.79 Å². The molecule has 2 heterocycles. The number of nitrogens with zero attached hydrogens (tertiary/aromatic N) is 6. The monoisotopic (exact) mass is 452 g/mol. The predicted molar refractivity (Wildman–Crippen MR) is 124 cm³/mol. The second-order valence-electron chi connectivity index (χ2n) is 7.96. The highest BCUT2D eigenvalue weighted by molar-refractivity contribution is 6.33. The summed E-state index contributed by atoms with van der Waals surface area (Å²) >= 11 is 6.51. The number of halogens is 1. The van der Waals surface area contributed by atoms with Crippen molar-refractivity contribution in [2.75, 3.05) is 0 Å². The maximum Gasteiger partial charge on any atom is 0.368 e. The summed E-state index contributed by atoms with van der Waals surface area (Å²) in [6, 6.07) is 9.75. The van der Waals surface area contributed by atoms with Gasteiger partial charge in [-0.2, -0.15) is 14.5 Å². The Balaban J connectivity index is 1.67. The number of aromatic nitrogens is 6. The molecule has 0 amide bonds. The molecule has 0 radical (unpaired) electrons. The van der Waals surface area contributed by atoms with Crippen molar-refractivity contribution in [3.05, 3.63) is 73.8 Å². The molecule has 0 saturated carbocycles. The highest BCUT2D eigenvalue weighted by Gasteiger charge is 2.18. The fraction of sp³-hybridized carbons (Fsp3) is 0.304. The molecule has 2 aromatic heterocycles. The number of tetrazole rings is 1. The van der Waals surface area contributed by atoms with E-state index in [-0.39, 0.29) is 12.3 Å². The third-order valence-electron chi connectivity index (χ3n) is 5.75. The average Bonchev–Trinajstić information content (AvgIpc) is 3.22. The minimum atomic E-state index is -0.309. The smallest absolute Gasteiger partial charge is 0.368 e. The molecule has 0 N–H and O–H groups in total. The van der Waals surface area contributed by atoms with Gasteiger partial charge in [-0.25, -0.2) is 4.79 Å². The van der Waals surface area contributed by atoms with Gasteiger partial charge in [0.1, 0.15) is 18.1 Å². The molecule has 2 aromatic carbocycles. The SMILES string of the molecule is Cc1cc(-c2nn(C)c(C)c2Cl)c(C)cc1OCc1c(C)cccc1-n1nnn(C)c1=O. The topological polar surface area (TPSA) is 79.8 Å². The van der Waals surface area contributed by atoms with E-state index < -0.39 is 0 Å². The van der Waals surface area contributed by atoms with Crippen LogP contribution in [0.15, 0.2) is 35.1 Å². The molecule has 0 aliphatic carbocycles. The fourth-order valence-electron chi connectivity index (χ4n) is 3.64. The normalized spacial score (nSPS) is 11.2. The highest BCUT2D eigenvalue weighted by Crippen LogP contribution is 2.35. The van der Waals surface area contributed by atoms with Crippen LogP contribution in [0.3, 0.4) is 0 Å². The lowest BCUT2D eigenvalue weighted by molar-refractivity contribution is 0.302. The van der Waals surface area contributed by atoms with Crippen molar-refractivity contribution in [3.8, 4) is 22.7 Å². The Morgan fingerprint density at radius 1 is 0.969 bits per heavy atom. The lowest BCUT2D eigenvalue weighted by Gasteiger charge is -2.16. The van der Waals surface area contributed by atoms with E-state index in [0.29, 0.717) is 10.7 Å². The number of hydrogen-bond acceptors (Lipinski definition) is 5. The first kappa shape index (κ1) is 21.8. The first-order valence-electron chi connectivity index (χ1n) is 10.2. The van der Waals surface area contributed by atoms with Crippen LogP contribution in [-0.2, 0) is 20.7 Å². The van der Waals surface area contributed by atoms with Gasteiger partial charge in [0.05, 0.1) is 16.4 Å². The van der Waals surface area contributed by atoms with Crippen LogP contribution >= 0.6 is 11.6 Å². The summed E-state index contributed by atoms with van der Waals surface area (Å²) in [5.74, 6) is 0.760. The van der Waals surface area contributed by atoms with Crippen LogP contribution in [0.2, 0.25) is 5.02 Å². The summed E-state index contributed by atoms with van der Waals surface area (Å²) in [6.45, 7) is 8.22. The molecule has 4 rings (SSSR count). The van der Waals surface area contributed by atoms with Gasteiger partial charge in [-0.15, -0.1) is 0 Å². The van der Waals surface area contributed by atoms with Gasteiger partial charge in [0.2, 0.25) is 0 Å². The summed E-state index contributed by atoms with van der Waals surface area (Å²) in [4.78, 5) is 12.4. The van der Waals surface area contributed by atoms with Crippen LogP contribution in [0.1, 0.15) is 27.9 Å². The molecule has 0 aliphatic rings. The third kappa shape index (κ3) is 3.71. The second kappa shape index (κ2) is 8.27. The van der Waals surface area contributed by atoms with Gasteiger partial charge in [-0.1, -0.05) is 23.7 Å². The van der Waals surface area contributed by atoms with E-state index in [1.54, 1.807) is 11.7 Å². The Bertz CT molecular complexity index is 1380. The molecule has 32 heavy (non-hydrogen) atoms. The molecule has 0 spiro atoms. The van der Waals surface area contributed by atoms with E-state index in [2.05, 4.69) is 15.5 Å². The molecule has 166 valence electrons. The van der Waals surface area contributed by atoms with E-state index in [1.807, 2.05) is 65.1 Å². The van der Waals surface area contributed by atoms with Crippen molar-refractivity contribution in [2.45, 2.75) is 34.3 Å². The molecule has 0 bridgehead atoms.